The Morgan fingerprint density at radius 2 is 1.94 bits per heavy atom. The summed E-state index contributed by atoms with van der Waals surface area (Å²) in [5.41, 5.74) is 2.69. The molecule has 0 saturated carbocycles. The fourth-order valence-electron chi connectivity index (χ4n) is 1.50. The Kier molecular flexibility index (Phi) is 3.79. The van der Waals surface area contributed by atoms with Crippen molar-refractivity contribution in [3.63, 3.8) is 0 Å². The molecule has 1 aromatic heterocycles. The molecule has 1 aromatic carbocycles. The Morgan fingerprint density at radius 3 is 2.59 bits per heavy atom. The fourth-order valence-corrected chi connectivity index (χ4v) is 2.43. The van der Waals surface area contributed by atoms with Crippen LogP contribution in [0, 0.1) is 18.3 Å². The van der Waals surface area contributed by atoms with E-state index in [9.17, 15) is 0 Å². The van der Waals surface area contributed by atoms with E-state index in [0.717, 1.165) is 16.3 Å². The van der Waals surface area contributed by atoms with Gasteiger partial charge in [0.2, 0.25) is 0 Å². The second kappa shape index (κ2) is 5.51. The first kappa shape index (κ1) is 11.7. The molecular formula is C14H12N2S. The van der Waals surface area contributed by atoms with Gasteiger partial charge in [0.05, 0.1) is 5.69 Å². The fraction of sp³-hybridized carbons (Fsp3) is 0.143. The van der Waals surface area contributed by atoms with Gasteiger partial charge in [-0.3, -0.25) is 0 Å². The van der Waals surface area contributed by atoms with Gasteiger partial charge in [-0.2, -0.15) is 5.26 Å². The van der Waals surface area contributed by atoms with Crippen molar-refractivity contribution in [1.82, 2.24) is 4.98 Å². The molecule has 0 unspecified atom stereocenters. The Labute approximate surface area is 105 Å². The average molecular weight is 240 g/mol. The van der Waals surface area contributed by atoms with Crippen LogP contribution in [0.1, 0.15) is 17.0 Å². The van der Waals surface area contributed by atoms with Crippen LogP contribution in [0.25, 0.3) is 0 Å². The maximum atomic E-state index is 8.74. The molecule has 0 aliphatic rings. The largest absolute Gasteiger partial charge is 0.241 e. The van der Waals surface area contributed by atoms with Crippen LogP contribution in [0.4, 0.5) is 0 Å². The molecule has 0 amide bonds. The third-order valence-electron chi connectivity index (χ3n) is 2.39. The summed E-state index contributed by atoms with van der Waals surface area (Å²) in [7, 11) is 0. The van der Waals surface area contributed by atoms with Gasteiger partial charge in [0.15, 0.2) is 0 Å². The number of nitriles is 1. The third kappa shape index (κ3) is 3.08. The molecule has 2 nitrogen and oxygen atoms in total. The number of thioether (sulfide) groups is 1. The van der Waals surface area contributed by atoms with Crippen molar-refractivity contribution in [1.29, 1.82) is 5.26 Å². The monoisotopic (exact) mass is 240 g/mol. The average Bonchev–Trinajstić information content (AvgIpc) is 2.38. The third-order valence-corrected chi connectivity index (χ3v) is 3.61. The first-order valence-corrected chi connectivity index (χ1v) is 6.32. The van der Waals surface area contributed by atoms with E-state index in [1.165, 1.54) is 5.56 Å². The highest BCUT2D eigenvalue weighted by Gasteiger charge is 2.02. The molecule has 0 radical (unpaired) electrons. The van der Waals surface area contributed by atoms with Crippen LogP contribution < -0.4 is 0 Å². The zero-order valence-corrected chi connectivity index (χ0v) is 10.4. The summed E-state index contributed by atoms with van der Waals surface area (Å²) >= 11 is 1.75. The highest BCUT2D eigenvalue weighted by molar-refractivity contribution is 7.98. The van der Waals surface area contributed by atoms with E-state index in [2.05, 4.69) is 17.1 Å². The normalized spacial score (nSPS) is 9.88. The number of benzene rings is 1. The van der Waals surface area contributed by atoms with Gasteiger partial charge in [-0.15, -0.1) is 11.8 Å². The maximum absolute atomic E-state index is 8.74. The molecule has 0 spiro atoms. The highest BCUT2D eigenvalue weighted by atomic mass is 32.2. The molecule has 3 heteroatoms. The molecule has 84 valence electrons. The standard InChI is InChI=1S/C14H12N2S/c1-11-14(8-7-13(9-15)16-11)17-10-12-5-3-2-4-6-12/h2-8H,10H2,1H3. The molecule has 0 bridgehead atoms. The minimum absolute atomic E-state index is 0.478. The van der Waals surface area contributed by atoms with Crippen LogP contribution in [0.2, 0.25) is 0 Å². The zero-order chi connectivity index (χ0) is 12.1. The quantitative estimate of drug-likeness (QED) is 0.770. The van der Waals surface area contributed by atoms with Crippen molar-refractivity contribution in [2.75, 3.05) is 0 Å². The van der Waals surface area contributed by atoms with Crippen molar-refractivity contribution in [2.45, 2.75) is 17.6 Å². The van der Waals surface area contributed by atoms with E-state index in [4.69, 9.17) is 5.26 Å². The molecular weight excluding hydrogens is 228 g/mol. The van der Waals surface area contributed by atoms with Crippen LogP contribution >= 0.6 is 11.8 Å². The van der Waals surface area contributed by atoms with Crippen molar-refractivity contribution in [3.05, 3.63) is 59.4 Å². The molecule has 0 saturated heterocycles. The summed E-state index contributed by atoms with van der Waals surface area (Å²) in [6.07, 6.45) is 0. The Bertz CT molecular complexity index is 544. The highest BCUT2D eigenvalue weighted by Crippen LogP contribution is 2.24. The van der Waals surface area contributed by atoms with Crippen LogP contribution in [-0.4, -0.2) is 4.98 Å². The molecule has 2 rings (SSSR count). The Balaban J connectivity index is 2.08. The number of hydrogen-bond donors (Lipinski definition) is 0. The predicted molar refractivity (Wildman–Crippen MR) is 69.7 cm³/mol. The van der Waals surface area contributed by atoms with E-state index in [1.54, 1.807) is 17.8 Å². The maximum Gasteiger partial charge on any atom is 0.140 e. The van der Waals surface area contributed by atoms with E-state index in [-0.39, 0.29) is 0 Å². The number of aryl methyl sites for hydroxylation is 1. The van der Waals surface area contributed by atoms with Gasteiger partial charge in [-0.25, -0.2) is 4.98 Å². The minimum Gasteiger partial charge on any atom is -0.241 e. The smallest absolute Gasteiger partial charge is 0.140 e. The van der Waals surface area contributed by atoms with Crippen molar-refractivity contribution < 1.29 is 0 Å². The molecule has 0 atom stereocenters. The first-order valence-electron chi connectivity index (χ1n) is 5.34. The van der Waals surface area contributed by atoms with Crippen molar-refractivity contribution in [3.8, 4) is 6.07 Å². The number of aromatic nitrogens is 1. The predicted octanol–water partition coefficient (Wildman–Crippen LogP) is 3.55. The topological polar surface area (TPSA) is 36.7 Å². The minimum atomic E-state index is 0.478. The summed E-state index contributed by atoms with van der Waals surface area (Å²) in [5.74, 6) is 0.926. The van der Waals surface area contributed by atoms with Gasteiger partial charge in [-0.05, 0) is 24.6 Å². The van der Waals surface area contributed by atoms with Crippen molar-refractivity contribution in [2.24, 2.45) is 0 Å². The molecule has 0 aliphatic heterocycles. The van der Waals surface area contributed by atoms with Gasteiger partial charge in [0, 0.05) is 10.6 Å². The summed E-state index contributed by atoms with van der Waals surface area (Å²) in [6, 6.07) is 16.1. The number of rotatable bonds is 3. The number of nitrogens with zero attached hydrogens (tertiary/aromatic N) is 2. The van der Waals surface area contributed by atoms with E-state index >= 15 is 0 Å². The van der Waals surface area contributed by atoms with Gasteiger partial charge >= 0.3 is 0 Å². The summed E-state index contributed by atoms with van der Waals surface area (Å²) in [6.45, 7) is 1.94. The van der Waals surface area contributed by atoms with Gasteiger partial charge in [0.25, 0.3) is 0 Å². The summed E-state index contributed by atoms with van der Waals surface area (Å²) in [4.78, 5) is 5.35. The van der Waals surface area contributed by atoms with Gasteiger partial charge < -0.3 is 0 Å². The van der Waals surface area contributed by atoms with E-state index in [0.29, 0.717) is 5.69 Å². The van der Waals surface area contributed by atoms with Gasteiger partial charge in [-0.1, -0.05) is 30.3 Å². The Hall–Kier alpha value is -1.79. The van der Waals surface area contributed by atoms with Gasteiger partial charge in [0.1, 0.15) is 11.8 Å². The van der Waals surface area contributed by atoms with Crippen molar-refractivity contribution >= 4 is 11.8 Å². The SMILES string of the molecule is Cc1nc(C#N)ccc1SCc1ccccc1. The second-order valence-electron chi connectivity index (χ2n) is 3.67. The first-order chi connectivity index (χ1) is 8.29. The molecule has 1 heterocycles. The molecule has 17 heavy (non-hydrogen) atoms. The molecule has 2 aromatic rings. The summed E-state index contributed by atoms with van der Waals surface area (Å²) in [5, 5.41) is 8.74. The van der Waals surface area contributed by atoms with Crippen LogP contribution in [0.5, 0.6) is 0 Å². The van der Waals surface area contributed by atoms with Crippen LogP contribution in [-0.2, 0) is 5.75 Å². The lowest BCUT2D eigenvalue weighted by atomic mass is 10.2. The molecule has 0 aliphatic carbocycles. The second-order valence-corrected chi connectivity index (χ2v) is 4.68. The van der Waals surface area contributed by atoms with Crippen LogP contribution in [0.3, 0.4) is 0 Å². The molecule has 0 N–H and O–H groups in total. The lowest BCUT2D eigenvalue weighted by molar-refractivity contribution is 1.09. The lowest BCUT2D eigenvalue weighted by Gasteiger charge is -2.05. The number of pyridine rings is 1. The lowest BCUT2D eigenvalue weighted by Crippen LogP contribution is -1.90. The van der Waals surface area contributed by atoms with E-state index in [1.807, 2.05) is 37.3 Å². The Morgan fingerprint density at radius 1 is 1.18 bits per heavy atom. The van der Waals surface area contributed by atoms with E-state index < -0.39 is 0 Å². The summed E-state index contributed by atoms with van der Waals surface area (Å²) < 4.78 is 0. The number of hydrogen-bond acceptors (Lipinski definition) is 3. The molecule has 0 fully saturated rings. The zero-order valence-electron chi connectivity index (χ0n) is 9.55. The van der Waals surface area contributed by atoms with Crippen LogP contribution in [0.15, 0.2) is 47.4 Å².